The molecule has 0 saturated heterocycles. The van der Waals surface area contributed by atoms with Crippen molar-refractivity contribution in [2.24, 2.45) is 0 Å². The number of nitrogens with one attached hydrogen (secondary N) is 1. The molecule has 3 aromatic rings. The zero-order valence-corrected chi connectivity index (χ0v) is 13.8. The maximum atomic E-state index is 12.3. The fourth-order valence-electron chi connectivity index (χ4n) is 2.70. The highest BCUT2D eigenvalue weighted by molar-refractivity contribution is 5.91. The highest BCUT2D eigenvalue weighted by Crippen LogP contribution is 2.17. The van der Waals surface area contributed by atoms with E-state index in [9.17, 15) is 9.59 Å². The van der Waals surface area contributed by atoms with Gasteiger partial charge in [-0.2, -0.15) is 0 Å². The molecule has 4 nitrogen and oxygen atoms in total. The van der Waals surface area contributed by atoms with Crippen LogP contribution in [0.25, 0.3) is 10.9 Å². The molecule has 0 fully saturated rings. The molecule has 0 saturated carbocycles. The average molecular weight is 320 g/mol. The Balaban J connectivity index is 1.78. The minimum Gasteiger partial charge on any atom is -0.338 e. The van der Waals surface area contributed by atoms with Crippen LogP contribution in [-0.2, 0) is 11.3 Å². The first-order valence-corrected chi connectivity index (χ1v) is 8.02. The molecule has 1 N–H and O–H groups in total. The zero-order chi connectivity index (χ0) is 17.1. The van der Waals surface area contributed by atoms with Crippen molar-refractivity contribution in [3.05, 3.63) is 76.6 Å². The summed E-state index contributed by atoms with van der Waals surface area (Å²) in [6, 6.07) is 16.7. The van der Waals surface area contributed by atoms with Gasteiger partial charge in [0.15, 0.2) is 5.43 Å². The molecule has 0 aliphatic rings. The number of carbonyl (C=O) groups is 1. The van der Waals surface area contributed by atoms with Crippen LogP contribution in [0.1, 0.15) is 25.3 Å². The van der Waals surface area contributed by atoms with E-state index >= 15 is 0 Å². The Morgan fingerprint density at radius 1 is 1.04 bits per heavy atom. The number of fused-ring (bicyclic) bond motifs is 1. The number of amides is 1. The normalized spacial score (nSPS) is 11.0. The summed E-state index contributed by atoms with van der Waals surface area (Å²) in [6.07, 6.45) is 1.66. The van der Waals surface area contributed by atoms with Gasteiger partial charge in [-0.15, -0.1) is 0 Å². The molecule has 122 valence electrons. The third-order valence-electron chi connectivity index (χ3n) is 4.06. The molecule has 1 heterocycles. The number of para-hydroxylation sites is 1. The number of rotatable bonds is 4. The number of nitrogens with zero attached hydrogens (tertiary/aromatic N) is 1. The van der Waals surface area contributed by atoms with Gasteiger partial charge in [-0.3, -0.25) is 9.59 Å². The summed E-state index contributed by atoms with van der Waals surface area (Å²) in [5.41, 5.74) is 2.73. The lowest BCUT2D eigenvalue weighted by Gasteiger charge is -2.12. The van der Waals surface area contributed by atoms with E-state index in [-0.39, 0.29) is 17.9 Å². The number of benzene rings is 2. The predicted octanol–water partition coefficient (Wildman–Crippen LogP) is 3.76. The maximum absolute atomic E-state index is 12.3. The van der Waals surface area contributed by atoms with E-state index < -0.39 is 0 Å². The summed E-state index contributed by atoms with van der Waals surface area (Å²) >= 11 is 0. The molecule has 0 atom stereocenters. The van der Waals surface area contributed by atoms with Gasteiger partial charge in [-0.1, -0.05) is 38.1 Å². The van der Waals surface area contributed by atoms with Crippen molar-refractivity contribution in [1.29, 1.82) is 0 Å². The fourth-order valence-corrected chi connectivity index (χ4v) is 2.70. The van der Waals surface area contributed by atoms with Gasteiger partial charge in [-0.05, 0) is 35.7 Å². The van der Waals surface area contributed by atoms with Crippen LogP contribution in [-0.4, -0.2) is 10.5 Å². The molecule has 0 spiro atoms. The molecule has 0 bridgehead atoms. The van der Waals surface area contributed by atoms with Gasteiger partial charge in [0.1, 0.15) is 6.54 Å². The van der Waals surface area contributed by atoms with Crippen molar-refractivity contribution in [2.45, 2.75) is 26.3 Å². The molecule has 24 heavy (non-hydrogen) atoms. The first-order valence-electron chi connectivity index (χ1n) is 8.02. The van der Waals surface area contributed by atoms with E-state index in [0.29, 0.717) is 11.3 Å². The standard InChI is InChI=1S/C20H20N2O2/c1-14(2)15-7-9-16(10-8-15)21-20(24)13-22-12-11-19(23)17-5-3-4-6-18(17)22/h3-12,14H,13H2,1-2H3,(H,21,24). The molecule has 3 rings (SSSR count). The van der Waals surface area contributed by atoms with Gasteiger partial charge in [-0.25, -0.2) is 0 Å². The molecule has 2 aromatic carbocycles. The van der Waals surface area contributed by atoms with Crippen molar-refractivity contribution in [1.82, 2.24) is 4.57 Å². The Morgan fingerprint density at radius 2 is 1.75 bits per heavy atom. The Hall–Kier alpha value is -2.88. The summed E-state index contributed by atoms with van der Waals surface area (Å²) in [5, 5.41) is 3.52. The van der Waals surface area contributed by atoms with E-state index in [1.165, 1.54) is 11.6 Å². The Morgan fingerprint density at radius 3 is 2.46 bits per heavy atom. The highest BCUT2D eigenvalue weighted by Gasteiger charge is 2.07. The number of pyridine rings is 1. The number of anilines is 1. The molecule has 1 aromatic heterocycles. The van der Waals surface area contributed by atoms with Crippen LogP contribution in [0.2, 0.25) is 0 Å². The fraction of sp³-hybridized carbons (Fsp3) is 0.200. The highest BCUT2D eigenvalue weighted by atomic mass is 16.2. The number of carbonyl (C=O) groups excluding carboxylic acids is 1. The van der Waals surface area contributed by atoms with Crippen molar-refractivity contribution >= 4 is 22.5 Å². The molecule has 4 heteroatoms. The second-order valence-electron chi connectivity index (χ2n) is 6.15. The summed E-state index contributed by atoms with van der Waals surface area (Å²) in [6.45, 7) is 4.43. The molecule has 0 aliphatic carbocycles. The number of hydrogen-bond acceptors (Lipinski definition) is 2. The van der Waals surface area contributed by atoms with Crippen molar-refractivity contribution in [3.8, 4) is 0 Å². The Labute approximate surface area is 140 Å². The van der Waals surface area contributed by atoms with Crippen LogP contribution < -0.4 is 10.7 Å². The minimum atomic E-state index is -0.124. The number of aromatic nitrogens is 1. The topological polar surface area (TPSA) is 51.1 Å². The molecular weight excluding hydrogens is 300 g/mol. The van der Waals surface area contributed by atoms with Gasteiger partial charge in [0, 0.05) is 23.3 Å². The van der Waals surface area contributed by atoms with E-state index in [0.717, 1.165) is 11.2 Å². The Kier molecular flexibility index (Phi) is 4.47. The molecular formula is C20H20N2O2. The van der Waals surface area contributed by atoms with E-state index in [1.54, 1.807) is 16.8 Å². The lowest BCUT2D eigenvalue weighted by molar-refractivity contribution is -0.116. The third-order valence-corrected chi connectivity index (χ3v) is 4.06. The smallest absolute Gasteiger partial charge is 0.244 e. The SMILES string of the molecule is CC(C)c1ccc(NC(=O)Cn2ccc(=O)c3ccccc32)cc1. The molecule has 0 aliphatic heterocycles. The predicted molar refractivity (Wildman–Crippen MR) is 97.4 cm³/mol. The van der Waals surface area contributed by atoms with Gasteiger partial charge < -0.3 is 9.88 Å². The molecule has 0 radical (unpaired) electrons. The zero-order valence-electron chi connectivity index (χ0n) is 13.8. The quantitative estimate of drug-likeness (QED) is 0.795. The lowest BCUT2D eigenvalue weighted by Crippen LogP contribution is -2.20. The molecule has 1 amide bonds. The largest absolute Gasteiger partial charge is 0.338 e. The van der Waals surface area contributed by atoms with Crippen LogP contribution in [0.5, 0.6) is 0 Å². The monoisotopic (exact) mass is 320 g/mol. The van der Waals surface area contributed by atoms with E-state index in [2.05, 4.69) is 19.2 Å². The van der Waals surface area contributed by atoms with Crippen LogP contribution in [0, 0.1) is 0 Å². The van der Waals surface area contributed by atoms with E-state index in [1.807, 2.05) is 42.5 Å². The van der Waals surface area contributed by atoms with Gasteiger partial charge in [0.05, 0.1) is 5.52 Å². The van der Waals surface area contributed by atoms with Crippen LogP contribution >= 0.6 is 0 Å². The maximum Gasteiger partial charge on any atom is 0.244 e. The van der Waals surface area contributed by atoms with E-state index in [4.69, 9.17) is 0 Å². The summed E-state index contributed by atoms with van der Waals surface area (Å²) < 4.78 is 1.79. The first kappa shape index (κ1) is 16.0. The van der Waals surface area contributed by atoms with Crippen LogP contribution in [0.15, 0.2) is 65.6 Å². The summed E-state index contributed by atoms with van der Waals surface area (Å²) in [7, 11) is 0. The average Bonchev–Trinajstić information content (AvgIpc) is 2.58. The summed E-state index contributed by atoms with van der Waals surface area (Å²) in [5.74, 6) is 0.336. The first-order chi connectivity index (χ1) is 11.5. The van der Waals surface area contributed by atoms with Crippen LogP contribution in [0.3, 0.4) is 0 Å². The van der Waals surface area contributed by atoms with Crippen molar-refractivity contribution in [2.75, 3.05) is 5.32 Å². The number of hydrogen-bond donors (Lipinski definition) is 1. The lowest BCUT2D eigenvalue weighted by atomic mass is 10.0. The van der Waals surface area contributed by atoms with Gasteiger partial charge in [0.25, 0.3) is 0 Å². The van der Waals surface area contributed by atoms with Crippen molar-refractivity contribution < 1.29 is 4.79 Å². The second kappa shape index (κ2) is 6.71. The van der Waals surface area contributed by atoms with Crippen molar-refractivity contribution in [3.63, 3.8) is 0 Å². The van der Waals surface area contributed by atoms with Gasteiger partial charge in [0.2, 0.25) is 5.91 Å². The van der Waals surface area contributed by atoms with Gasteiger partial charge >= 0.3 is 0 Å². The molecule has 0 unspecified atom stereocenters. The third kappa shape index (κ3) is 3.38. The Bertz CT molecular complexity index is 924. The van der Waals surface area contributed by atoms with Crippen LogP contribution in [0.4, 0.5) is 5.69 Å². The minimum absolute atomic E-state index is 0.0356. The summed E-state index contributed by atoms with van der Waals surface area (Å²) in [4.78, 5) is 24.2. The second-order valence-corrected chi connectivity index (χ2v) is 6.15.